The van der Waals surface area contributed by atoms with Gasteiger partial charge >= 0.3 is 0 Å². The highest BCUT2D eigenvalue weighted by atomic mass is 35.5. The quantitative estimate of drug-likeness (QED) is 0.744. The minimum absolute atomic E-state index is 0.354. The molecular weight excluding hydrogens is 228 g/mol. The van der Waals surface area contributed by atoms with Gasteiger partial charge in [0.25, 0.3) is 0 Å². The van der Waals surface area contributed by atoms with Crippen molar-refractivity contribution in [1.29, 1.82) is 0 Å². The maximum absolute atomic E-state index is 5.89. The van der Waals surface area contributed by atoms with Gasteiger partial charge in [0.1, 0.15) is 5.69 Å². The van der Waals surface area contributed by atoms with Crippen molar-refractivity contribution in [2.24, 2.45) is 0 Å². The van der Waals surface area contributed by atoms with Crippen molar-refractivity contribution in [3.63, 3.8) is 0 Å². The molecule has 80 valence electrons. The summed E-state index contributed by atoms with van der Waals surface area (Å²) in [6.45, 7) is 4.22. The molecule has 4 heteroatoms. The number of hydrogen-bond acceptors (Lipinski definition) is 2. The molecule has 0 radical (unpaired) electrons. The Kier molecular flexibility index (Phi) is 3.12. The average molecular weight is 241 g/mol. The molecule has 0 saturated carbocycles. The SMILES string of the molecule is CC(C)n1nc(-c2cccs2)cc1CCl. The first-order chi connectivity index (χ1) is 7.22. The maximum atomic E-state index is 5.89. The standard InChI is InChI=1S/C11H13ClN2S/c1-8(2)14-9(7-12)6-10(13-14)11-4-3-5-15-11/h3-6,8H,7H2,1-2H3. The molecule has 0 spiro atoms. The summed E-state index contributed by atoms with van der Waals surface area (Å²) in [5.74, 6) is 0.510. The monoisotopic (exact) mass is 240 g/mol. The molecule has 2 aromatic heterocycles. The van der Waals surface area contributed by atoms with Gasteiger partial charge in [0.15, 0.2) is 0 Å². The summed E-state index contributed by atoms with van der Waals surface area (Å²) in [6, 6.07) is 6.54. The highest BCUT2D eigenvalue weighted by Gasteiger charge is 2.11. The smallest absolute Gasteiger partial charge is 0.103 e. The van der Waals surface area contributed by atoms with Crippen LogP contribution in [0.5, 0.6) is 0 Å². The molecule has 0 unspecified atom stereocenters. The lowest BCUT2D eigenvalue weighted by Crippen LogP contribution is -2.06. The van der Waals surface area contributed by atoms with Gasteiger partial charge in [-0.2, -0.15) is 5.10 Å². The van der Waals surface area contributed by atoms with Crippen molar-refractivity contribution in [2.45, 2.75) is 25.8 Å². The van der Waals surface area contributed by atoms with Crippen molar-refractivity contribution in [3.8, 4) is 10.6 Å². The Morgan fingerprint density at radius 1 is 1.53 bits per heavy atom. The fraction of sp³-hybridized carbons (Fsp3) is 0.364. The number of hydrogen-bond donors (Lipinski definition) is 0. The number of nitrogens with zero attached hydrogens (tertiary/aromatic N) is 2. The fourth-order valence-corrected chi connectivity index (χ4v) is 2.41. The van der Waals surface area contributed by atoms with E-state index in [1.54, 1.807) is 11.3 Å². The molecule has 0 aliphatic rings. The Bertz CT molecular complexity index is 431. The number of alkyl halides is 1. The zero-order chi connectivity index (χ0) is 10.8. The molecular formula is C11H13ClN2S. The molecule has 0 aromatic carbocycles. The minimum Gasteiger partial charge on any atom is -0.265 e. The lowest BCUT2D eigenvalue weighted by atomic mass is 10.3. The second-order valence-electron chi connectivity index (χ2n) is 3.67. The van der Waals surface area contributed by atoms with Gasteiger partial charge in [-0.3, -0.25) is 4.68 Å². The Morgan fingerprint density at radius 3 is 2.80 bits per heavy atom. The van der Waals surface area contributed by atoms with E-state index in [4.69, 9.17) is 11.6 Å². The van der Waals surface area contributed by atoms with E-state index in [2.05, 4.69) is 36.5 Å². The van der Waals surface area contributed by atoms with E-state index in [1.807, 2.05) is 10.7 Å². The largest absolute Gasteiger partial charge is 0.265 e. The van der Waals surface area contributed by atoms with Crippen LogP contribution in [0, 0.1) is 0 Å². The Labute approximate surface area is 98.5 Å². The van der Waals surface area contributed by atoms with Crippen LogP contribution in [-0.4, -0.2) is 9.78 Å². The summed E-state index contributed by atoms with van der Waals surface area (Å²) in [5.41, 5.74) is 2.10. The molecule has 0 bridgehead atoms. The van der Waals surface area contributed by atoms with E-state index in [0.29, 0.717) is 11.9 Å². The summed E-state index contributed by atoms with van der Waals surface area (Å²) in [4.78, 5) is 1.20. The number of aromatic nitrogens is 2. The molecule has 0 aliphatic carbocycles. The Morgan fingerprint density at radius 2 is 2.33 bits per heavy atom. The summed E-state index contributed by atoms with van der Waals surface area (Å²) in [7, 11) is 0. The highest BCUT2D eigenvalue weighted by molar-refractivity contribution is 7.13. The van der Waals surface area contributed by atoms with Crippen LogP contribution in [0.1, 0.15) is 25.6 Å². The van der Waals surface area contributed by atoms with Crippen LogP contribution in [0.15, 0.2) is 23.6 Å². The van der Waals surface area contributed by atoms with Gasteiger partial charge in [-0.1, -0.05) is 6.07 Å². The maximum Gasteiger partial charge on any atom is 0.103 e. The van der Waals surface area contributed by atoms with Crippen molar-refractivity contribution < 1.29 is 0 Å². The summed E-state index contributed by atoms with van der Waals surface area (Å²) >= 11 is 7.59. The molecule has 2 heterocycles. The van der Waals surface area contributed by atoms with E-state index in [-0.39, 0.29) is 0 Å². The Balaban J connectivity index is 2.43. The summed E-state index contributed by atoms with van der Waals surface area (Å²) in [6.07, 6.45) is 0. The van der Waals surface area contributed by atoms with Crippen LogP contribution in [0.3, 0.4) is 0 Å². The zero-order valence-electron chi connectivity index (χ0n) is 8.77. The van der Waals surface area contributed by atoms with Gasteiger partial charge in [-0.25, -0.2) is 0 Å². The number of thiophene rings is 1. The van der Waals surface area contributed by atoms with Crippen LogP contribution in [0.25, 0.3) is 10.6 Å². The van der Waals surface area contributed by atoms with Crippen molar-refractivity contribution in [2.75, 3.05) is 0 Å². The van der Waals surface area contributed by atoms with Gasteiger partial charge in [0, 0.05) is 6.04 Å². The van der Waals surface area contributed by atoms with Crippen LogP contribution in [-0.2, 0) is 5.88 Å². The molecule has 15 heavy (non-hydrogen) atoms. The minimum atomic E-state index is 0.354. The summed E-state index contributed by atoms with van der Waals surface area (Å²) < 4.78 is 1.99. The Hall–Kier alpha value is -0.800. The summed E-state index contributed by atoms with van der Waals surface area (Å²) in [5, 5.41) is 6.63. The van der Waals surface area contributed by atoms with Crippen molar-refractivity contribution in [1.82, 2.24) is 9.78 Å². The first kappa shape index (κ1) is 10.7. The zero-order valence-corrected chi connectivity index (χ0v) is 10.3. The van der Waals surface area contributed by atoms with Gasteiger partial charge in [0.2, 0.25) is 0 Å². The molecule has 0 atom stereocenters. The highest BCUT2D eigenvalue weighted by Crippen LogP contribution is 2.26. The number of halogens is 1. The third-order valence-electron chi connectivity index (χ3n) is 2.21. The topological polar surface area (TPSA) is 17.8 Å². The number of rotatable bonds is 3. The third kappa shape index (κ3) is 2.08. The predicted octanol–water partition coefficient (Wildman–Crippen LogP) is 3.93. The van der Waals surface area contributed by atoms with E-state index in [1.165, 1.54) is 4.88 Å². The molecule has 0 amide bonds. The van der Waals surface area contributed by atoms with Gasteiger partial charge in [-0.15, -0.1) is 22.9 Å². The molecule has 0 fully saturated rings. The fourth-order valence-electron chi connectivity index (χ4n) is 1.52. The van der Waals surface area contributed by atoms with E-state index >= 15 is 0 Å². The molecule has 2 aromatic rings. The van der Waals surface area contributed by atoms with Crippen molar-refractivity contribution in [3.05, 3.63) is 29.3 Å². The molecule has 0 N–H and O–H groups in total. The predicted molar refractivity (Wildman–Crippen MR) is 65.5 cm³/mol. The first-order valence-corrected chi connectivity index (χ1v) is 6.32. The van der Waals surface area contributed by atoms with Crippen LogP contribution in [0.2, 0.25) is 0 Å². The van der Waals surface area contributed by atoms with Gasteiger partial charge in [-0.05, 0) is 31.4 Å². The lowest BCUT2D eigenvalue weighted by molar-refractivity contribution is 0.518. The van der Waals surface area contributed by atoms with Gasteiger partial charge in [0.05, 0.1) is 16.5 Å². The lowest BCUT2D eigenvalue weighted by Gasteiger charge is -2.07. The third-order valence-corrected chi connectivity index (χ3v) is 3.38. The molecule has 2 nitrogen and oxygen atoms in total. The second-order valence-corrected chi connectivity index (χ2v) is 4.89. The first-order valence-electron chi connectivity index (χ1n) is 4.90. The van der Waals surface area contributed by atoms with E-state index in [0.717, 1.165) is 11.4 Å². The van der Waals surface area contributed by atoms with Crippen LogP contribution in [0.4, 0.5) is 0 Å². The molecule has 0 aliphatic heterocycles. The van der Waals surface area contributed by atoms with Gasteiger partial charge < -0.3 is 0 Å². The van der Waals surface area contributed by atoms with Crippen molar-refractivity contribution >= 4 is 22.9 Å². The van der Waals surface area contributed by atoms with E-state index < -0.39 is 0 Å². The second kappa shape index (κ2) is 4.37. The molecule has 0 saturated heterocycles. The van der Waals surface area contributed by atoms with Crippen LogP contribution < -0.4 is 0 Å². The van der Waals surface area contributed by atoms with E-state index in [9.17, 15) is 0 Å². The molecule has 2 rings (SSSR count). The average Bonchev–Trinajstić information content (AvgIpc) is 2.86. The van der Waals surface area contributed by atoms with Crippen LogP contribution >= 0.6 is 22.9 Å². The normalized spacial score (nSPS) is 11.2.